The van der Waals surface area contributed by atoms with Gasteiger partial charge in [0.15, 0.2) is 5.82 Å². The first-order valence-electron chi connectivity index (χ1n) is 7.97. The SMILES string of the molecule is c1ccc(Nc2cccc3c2ncc2c(-c4ncn[nH]4)ccn23)cc1. The summed E-state index contributed by atoms with van der Waals surface area (Å²) < 4.78 is 2.12. The number of benzene rings is 2. The van der Waals surface area contributed by atoms with Crippen molar-refractivity contribution in [2.24, 2.45) is 0 Å². The van der Waals surface area contributed by atoms with E-state index in [0.29, 0.717) is 0 Å². The lowest BCUT2D eigenvalue weighted by atomic mass is 10.2. The molecule has 0 atom stereocenters. The average molecular weight is 326 g/mol. The van der Waals surface area contributed by atoms with Gasteiger partial charge in [0, 0.05) is 17.4 Å². The molecule has 5 aromatic rings. The molecule has 0 amide bonds. The van der Waals surface area contributed by atoms with Gasteiger partial charge in [-0.2, -0.15) is 5.10 Å². The van der Waals surface area contributed by atoms with Crippen molar-refractivity contribution in [2.45, 2.75) is 0 Å². The number of hydrogen-bond acceptors (Lipinski definition) is 4. The van der Waals surface area contributed by atoms with Crippen molar-refractivity contribution in [1.29, 1.82) is 0 Å². The molecule has 2 N–H and O–H groups in total. The van der Waals surface area contributed by atoms with Gasteiger partial charge in [0.2, 0.25) is 0 Å². The molecule has 120 valence electrons. The second kappa shape index (κ2) is 5.45. The Hall–Kier alpha value is -3.67. The summed E-state index contributed by atoms with van der Waals surface area (Å²) in [6.07, 6.45) is 5.41. The smallest absolute Gasteiger partial charge is 0.157 e. The Kier molecular flexibility index (Phi) is 3.00. The number of para-hydroxylation sites is 2. The molecule has 0 aliphatic carbocycles. The Morgan fingerprint density at radius 1 is 0.880 bits per heavy atom. The zero-order valence-corrected chi connectivity index (χ0v) is 13.2. The molecule has 6 nitrogen and oxygen atoms in total. The van der Waals surface area contributed by atoms with Crippen LogP contribution in [0.1, 0.15) is 0 Å². The lowest BCUT2D eigenvalue weighted by molar-refractivity contribution is 1.10. The minimum absolute atomic E-state index is 0.738. The molecule has 0 aliphatic heterocycles. The van der Waals surface area contributed by atoms with E-state index in [9.17, 15) is 0 Å². The van der Waals surface area contributed by atoms with Crippen LogP contribution in [0.4, 0.5) is 11.4 Å². The van der Waals surface area contributed by atoms with Crippen LogP contribution < -0.4 is 5.32 Å². The van der Waals surface area contributed by atoms with Crippen LogP contribution in [0, 0.1) is 0 Å². The first-order valence-corrected chi connectivity index (χ1v) is 7.97. The first kappa shape index (κ1) is 13.7. The Morgan fingerprint density at radius 3 is 2.64 bits per heavy atom. The van der Waals surface area contributed by atoms with Crippen molar-refractivity contribution in [3.63, 3.8) is 0 Å². The molecule has 0 unspecified atom stereocenters. The number of nitrogens with zero attached hydrogens (tertiary/aromatic N) is 4. The Morgan fingerprint density at radius 2 is 1.80 bits per heavy atom. The molecule has 0 spiro atoms. The summed E-state index contributed by atoms with van der Waals surface area (Å²) >= 11 is 0. The summed E-state index contributed by atoms with van der Waals surface area (Å²) in [5.41, 5.74) is 5.92. The molecule has 0 saturated carbocycles. The predicted octanol–water partition coefficient (Wildman–Crippen LogP) is 4.02. The van der Waals surface area contributed by atoms with Crippen LogP contribution in [0.5, 0.6) is 0 Å². The molecule has 5 rings (SSSR count). The zero-order chi connectivity index (χ0) is 16.6. The van der Waals surface area contributed by atoms with Crippen molar-refractivity contribution in [3.05, 3.63) is 73.3 Å². The molecule has 0 bridgehead atoms. The monoisotopic (exact) mass is 326 g/mol. The van der Waals surface area contributed by atoms with E-state index in [1.54, 1.807) is 0 Å². The average Bonchev–Trinajstić information content (AvgIpc) is 3.32. The van der Waals surface area contributed by atoms with E-state index < -0.39 is 0 Å². The zero-order valence-electron chi connectivity index (χ0n) is 13.2. The third kappa shape index (κ3) is 2.23. The van der Waals surface area contributed by atoms with Crippen LogP contribution >= 0.6 is 0 Å². The molecule has 6 heteroatoms. The molecule has 0 aliphatic rings. The van der Waals surface area contributed by atoms with Crippen molar-refractivity contribution in [1.82, 2.24) is 24.6 Å². The summed E-state index contributed by atoms with van der Waals surface area (Å²) in [7, 11) is 0. The van der Waals surface area contributed by atoms with Gasteiger partial charge in [0.05, 0.1) is 22.9 Å². The number of aromatic amines is 1. The molecule has 2 aromatic carbocycles. The number of aromatic nitrogens is 5. The van der Waals surface area contributed by atoms with Gasteiger partial charge in [-0.1, -0.05) is 24.3 Å². The van der Waals surface area contributed by atoms with Crippen LogP contribution in [0.3, 0.4) is 0 Å². The fraction of sp³-hybridized carbons (Fsp3) is 0. The highest BCUT2D eigenvalue weighted by Crippen LogP contribution is 2.29. The van der Waals surface area contributed by atoms with Gasteiger partial charge in [0.25, 0.3) is 0 Å². The van der Waals surface area contributed by atoms with Crippen LogP contribution in [0.25, 0.3) is 27.9 Å². The second-order valence-electron chi connectivity index (χ2n) is 5.74. The van der Waals surface area contributed by atoms with E-state index in [2.05, 4.69) is 31.0 Å². The number of nitrogens with one attached hydrogen (secondary N) is 2. The number of fused-ring (bicyclic) bond motifs is 3. The van der Waals surface area contributed by atoms with Gasteiger partial charge in [-0.05, 0) is 30.3 Å². The van der Waals surface area contributed by atoms with E-state index in [4.69, 9.17) is 4.98 Å². The highest BCUT2D eigenvalue weighted by Gasteiger charge is 2.12. The minimum atomic E-state index is 0.738. The van der Waals surface area contributed by atoms with E-state index in [0.717, 1.165) is 39.3 Å². The fourth-order valence-corrected chi connectivity index (χ4v) is 3.09. The molecule has 0 fully saturated rings. The normalized spacial score (nSPS) is 11.2. The number of H-pyrrole nitrogens is 1. The summed E-state index contributed by atoms with van der Waals surface area (Å²) in [4.78, 5) is 8.94. The molecule has 3 heterocycles. The van der Waals surface area contributed by atoms with Crippen molar-refractivity contribution in [2.75, 3.05) is 5.32 Å². The van der Waals surface area contributed by atoms with E-state index in [1.165, 1.54) is 6.33 Å². The van der Waals surface area contributed by atoms with E-state index >= 15 is 0 Å². The van der Waals surface area contributed by atoms with Gasteiger partial charge in [-0.25, -0.2) is 4.98 Å². The fourth-order valence-electron chi connectivity index (χ4n) is 3.09. The minimum Gasteiger partial charge on any atom is -0.354 e. The van der Waals surface area contributed by atoms with Crippen molar-refractivity contribution >= 4 is 27.9 Å². The van der Waals surface area contributed by atoms with Crippen LogP contribution in [-0.4, -0.2) is 24.6 Å². The maximum Gasteiger partial charge on any atom is 0.157 e. The topological polar surface area (TPSA) is 70.9 Å². The third-order valence-electron chi connectivity index (χ3n) is 4.24. The van der Waals surface area contributed by atoms with Crippen LogP contribution in [0.15, 0.2) is 73.3 Å². The summed E-state index contributed by atoms with van der Waals surface area (Å²) in [6.45, 7) is 0. The summed E-state index contributed by atoms with van der Waals surface area (Å²) in [5, 5.41) is 10.3. The molecule has 25 heavy (non-hydrogen) atoms. The predicted molar refractivity (Wildman–Crippen MR) is 97.8 cm³/mol. The third-order valence-corrected chi connectivity index (χ3v) is 4.24. The van der Waals surface area contributed by atoms with Gasteiger partial charge < -0.3 is 9.72 Å². The molecule has 0 saturated heterocycles. The summed E-state index contributed by atoms with van der Waals surface area (Å²) in [6, 6.07) is 18.2. The van der Waals surface area contributed by atoms with Crippen LogP contribution in [0.2, 0.25) is 0 Å². The number of anilines is 2. The van der Waals surface area contributed by atoms with Gasteiger partial charge >= 0.3 is 0 Å². The van der Waals surface area contributed by atoms with Crippen LogP contribution in [-0.2, 0) is 0 Å². The molecular formula is C19H14N6. The lowest BCUT2D eigenvalue weighted by Crippen LogP contribution is -1.96. The van der Waals surface area contributed by atoms with Gasteiger partial charge in [-0.3, -0.25) is 10.1 Å². The summed E-state index contributed by atoms with van der Waals surface area (Å²) in [5.74, 6) is 0.738. The largest absolute Gasteiger partial charge is 0.354 e. The molecular weight excluding hydrogens is 312 g/mol. The quantitative estimate of drug-likeness (QED) is 0.525. The number of rotatable bonds is 3. The highest BCUT2D eigenvalue weighted by atomic mass is 15.2. The van der Waals surface area contributed by atoms with Gasteiger partial charge in [0.1, 0.15) is 11.8 Å². The standard InChI is InChI=1S/C19H14N6/c1-2-5-13(6-3-1)23-15-7-4-8-16-18(15)20-11-17-14(9-10-25(16)17)19-21-12-22-24-19/h1-12,23H,(H,21,22,24). The van der Waals surface area contributed by atoms with E-state index in [1.807, 2.05) is 60.9 Å². The first-order chi connectivity index (χ1) is 12.4. The maximum absolute atomic E-state index is 4.70. The Bertz CT molecular complexity index is 1160. The van der Waals surface area contributed by atoms with E-state index in [-0.39, 0.29) is 0 Å². The second-order valence-corrected chi connectivity index (χ2v) is 5.74. The highest BCUT2D eigenvalue weighted by molar-refractivity contribution is 5.93. The molecule has 3 aromatic heterocycles. The Labute approximate surface area is 143 Å². The Balaban J connectivity index is 1.69. The maximum atomic E-state index is 4.70. The van der Waals surface area contributed by atoms with Gasteiger partial charge in [-0.15, -0.1) is 0 Å². The van der Waals surface area contributed by atoms with Crippen molar-refractivity contribution in [3.8, 4) is 11.4 Å². The lowest BCUT2D eigenvalue weighted by Gasteiger charge is -2.10. The number of hydrogen-bond donors (Lipinski definition) is 2. The molecule has 0 radical (unpaired) electrons. The van der Waals surface area contributed by atoms with Crippen molar-refractivity contribution < 1.29 is 0 Å².